The third kappa shape index (κ3) is 4.91. The summed E-state index contributed by atoms with van der Waals surface area (Å²) in [7, 11) is 0. The zero-order chi connectivity index (χ0) is 9.56. The number of hydrogen-bond acceptors (Lipinski definition) is 4. The minimum Gasteiger partial charge on any atom is -0.370 e. The molecule has 0 aliphatic rings. The lowest BCUT2D eigenvalue weighted by Gasteiger charge is -1.81. The lowest BCUT2D eigenvalue weighted by molar-refractivity contribution is -0.542. The predicted octanol–water partition coefficient (Wildman–Crippen LogP) is -0.586. The van der Waals surface area contributed by atoms with E-state index in [2.05, 4.69) is 10.7 Å². The molecule has 0 unspecified atom stereocenters. The highest BCUT2D eigenvalue weighted by atomic mass is 16.7. The summed E-state index contributed by atoms with van der Waals surface area (Å²) in [5, 5.41) is 9.23. The maximum absolute atomic E-state index is 9.79. The monoisotopic (exact) mass is 172 g/mol. The molecule has 12 heavy (non-hydrogen) atoms. The van der Waals surface area contributed by atoms with E-state index in [4.69, 9.17) is 0 Å². The second kappa shape index (κ2) is 4.83. The molecule has 1 amide bonds. The first-order valence-electron chi connectivity index (χ1n) is 2.92. The van der Waals surface area contributed by atoms with Crippen LogP contribution in [0.15, 0.2) is 18.7 Å². The van der Waals surface area contributed by atoms with Gasteiger partial charge in [0.05, 0.1) is 12.4 Å². The van der Waals surface area contributed by atoms with Crippen molar-refractivity contribution in [3.8, 4) is 0 Å². The zero-order valence-electron chi connectivity index (χ0n) is 6.38. The number of primary amides is 1. The molecule has 1 aromatic heterocycles. The number of carbonyl (C=O) groups is 1. The first-order chi connectivity index (χ1) is 5.54. The Bertz CT molecular complexity index is 252. The number of nitrogens with zero attached hydrogens (tertiary/aromatic N) is 3. The molecule has 1 rings (SSSR count). The normalized spacial score (nSPS) is 8.08. The van der Waals surface area contributed by atoms with E-state index in [1.54, 1.807) is 0 Å². The SMILES string of the molecule is CC(N)=O.O=[N+]([O-])n1ccnc1. The van der Waals surface area contributed by atoms with Crippen molar-refractivity contribution in [2.24, 2.45) is 5.73 Å². The molecule has 0 aliphatic carbocycles. The molecule has 0 aromatic carbocycles. The maximum atomic E-state index is 9.79. The van der Waals surface area contributed by atoms with Crippen LogP contribution in [0.2, 0.25) is 0 Å². The Morgan fingerprint density at radius 2 is 2.25 bits per heavy atom. The van der Waals surface area contributed by atoms with Gasteiger partial charge in [0, 0.05) is 6.92 Å². The molecule has 0 aliphatic heterocycles. The summed E-state index contributed by atoms with van der Waals surface area (Å²) in [6.45, 7) is 1.31. The zero-order valence-corrected chi connectivity index (χ0v) is 6.38. The van der Waals surface area contributed by atoms with Crippen molar-refractivity contribution in [3.63, 3.8) is 0 Å². The number of rotatable bonds is 1. The van der Waals surface area contributed by atoms with E-state index in [1.165, 1.54) is 19.3 Å². The minimum atomic E-state index is -0.562. The molecule has 0 saturated heterocycles. The first-order valence-corrected chi connectivity index (χ1v) is 2.92. The number of aromatic nitrogens is 2. The fraction of sp³-hybridized carbons (Fsp3) is 0.200. The van der Waals surface area contributed by atoms with Gasteiger partial charge in [-0.2, -0.15) is 0 Å². The smallest absolute Gasteiger partial charge is 0.214 e. The van der Waals surface area contributed by atoms with Gasteiger partial charge in [0.2, 0.25) is 5.91 Å². The van der Waals surface area contributed by atoms with Gasteiger partial charge in [0.15, 0.2) is 11.4 Å². The fourth-order valence-electron chi connectivity index (χ4n) is 0.349. The van der Waals surface area contributed by atoms with Crippen molar-refractivity contribution in [2.75, 3.05) is 0 Å². The standard InChI is InChI=1S/C3H3N3O2.C2H5NO/c7-6(8)5-2-1-4-3-5;1-2(3)4/h1-3H;1H3,(H2,3,4). The summed E-state index contributed by atoms with van der Waals surface area (Å²) in [4.78, 5) is 22.5. The average molecular weight is 172 g/mol. The van der Waals surface area contributed by atoms with Gasteiger partial charge in [-0.3, -0.25) is 4.79 Å². The summed E-state index contributed by atoms with van der Waals surface area (Å²) in [6, 6.07) is 0. The van der Waals surface area contributed by atoms with Crippen LogP contribution >= 0.6 is 0 Å². The van der Waals surface area contributed by atoms with Crippen LogP contribution in [-0.2, 0) is 4.79 Å². The molecule has 1 aromatic rings. The Hall–Kier alpha value is -1.92. The van der Waals surface area contributed by atoms with Crippen LogP contribution in [0.5, 0.6) is 0 Å². The molecular weight excluding hydrogens is 164 g/mol. The van der Waals surface area contributed by atoms with Crippen LogP contribution in [0.25, 0.3) is 0 Å². The van der Waals surface area contributed by atoms with Crippen LogP contribution in [-0.4, -0.2) is 20.6 Å². The van der Waals surface area contributed by atoms with E-state index in [1.807, 2.05) is 0 Å². The summed E-state index contributed by atoms with van der Waals surface area (Å²) < 4.78 is 0.778. The fourth-order valence-corrected chi connectivity index (χ4v) is 0.349. The van der Waals surface area contributed by atoms with Gasteiger partial charge >= 0.3 is 0 Å². The van der Waals surface area contributed by atoms with Crippen molar-refractivity contribution in [1.82, 2.24) is 9.66 Å². The van der Waals surface area contributed by atoms with Crippen molar-refractivity contribution >= 4 is 5.91 Å². The molecule has 66 valence electrons. The molecule has 7 heteroatoms. The van der Waals surface area contributed by atoms with Gasteiger partial charge in [0.25, 0.3) is 0 Å². The molecule has 1 heterocycles. The molecule has 0 atom stereocenters. The van der Waals surface area contributed by atoms with E-state index in [0.717, 1.165) is 11.0 Å². The Balaban J connectivity index is 0.000000261. The topological polar surface area (TPSA) is 104 Å². The quantitative estimate of drug-likeness (QED) is 0.451. The van der Waals surface area contributed by atoms with Crippen LogP contribution in [0.4, 0.5) is 0 Å². The maximum Gasteiger partial charge on any atom is 0.214 e. The molecular formula is C5H8N4O3. The molecule has 2 N–H and O–H groups in total. The van der Waals surface area contributed by atoms with E-state index in [-0.39, 0.29) is 5.91 Å². The van der Waals surface area contributed by atoms with Gasteiger partial charge in [-0.05, 0) is 0 Å². The summed E-state index contributed by atoms with van der Waals surface area (Å²) >= 11 is 0. The van der Waals surface area contributed by atoms with Crippen molar-refractivity contribution in [3.05, 3.63) is 28.8 Å². The molecule has 0 spiro atoms. The van der Waals surface area contributed by atoms with Gasteiger partial charge in [-0.25, -0.2) is 15.1 Å². The van der Waals surface area contributed by atoms with E-state index in [9.17, 15) is 14.9 Å². The van der Waals surface area contributed by atoms with Crippen molar-refractivity contribution < 1.29 is 9.83 Å². The molecule has 0 radical (unpaired) electrons. The molecule has 7 nitrogen and oxygen atoms in total. The first kappa shape index (κ1) is 10.1. The highest BCUT2D eigenvalue weighted by Crippen LogP contribution is 1.80. The van der Waals surface area contributed by atoms with Crippen molar-refractivity contribution in [2.45, 2.75) is 6.92 Å². The number of amides is 1. The number of nitro groups is 1. The Kier molecular flexibility index (Phi) is 4.06. The molecule has 0 fully saturated rings. The predicted molar refractivity (Wildman–Crippen MR) is 39.5 cm³/mol. The van der Waals surface area contributed by atoms with Crippen LogP contribution in [0.3, 0.4) is 0 Å². The number of hydrogen-bond donors (Lipinski definition) is 1. The Labute approximate surface area is 67.9 Å². The van der Waals surface area contributed by atoms with Gasteiger partial charge < -0.3 is 5.73 Å². The Morgan fingerprint density at radius 3 is 2.42 bits per heavy atom. The van der Waals surface area contributed by atoms with Crippen molar-refractivity contribution in [1.29, 1.82) is 0 Å². The largest absolute Gasteiger partial charge is 0.370 e. The summed E-state index contributed by atoms with van der Waals surface area (Å²) in [5.74, 6) is -0.333. The second-order valence-corrected chi connectivity index (χ2v) is 1.79. The number of nitrogens with two attached hydrogens (primary N) is 1. The van der Waals surface area contributed by atoms with Crippen LogP contribution < -0.4 is 5.73 Å². The van der Waals surface area contributed by atoms with Gasteiger partial charge in [-0.15, -0.1) is 0 Å². The minimum absolute atomic E-state index is 0.333. The Morgan fingerprint density at radius 1 is 1.75 bits per heavy atom. The molecule has 0 saturated carbocycles. The lowest BCUT2D eigenvalue weighted by atomic mass is 10.8. The molecule has 0 bridgehead atoms. The van der Waals surface area contributed by atoms with E-state index in [0.29, 0.717) is 0 Å². The number of carbonyl (C=O) groups excluding carboxylic acids is 1. The van der Waals surface area contributed by atoms with Gasteiger partial charge in [0.1, 0.15) is 0 Å². The highest BCUT2D eigenvalue weighted by molar-refractivity contribution is 5.70. The highest BCUT2D eigenvalue weighted by Gasteiger charge is 1.94. The number of imidazole rings is 1. The second-order valence-electron chi connectivity index (χ2n) is 1.79. The van der Waals surface area contributed by atoms with E-state index >= 15 is 0 Å². The summed E-state index contributed by atoms with van der Waals surface area (Å²) in [5.41, 5.74) is 4.47. The third-order valence-electron chi connectivity index (χ3n) is 0.679. The third-order valence-corrected chi connectivity index (χ3v) is 0.679. The van der Waals surface area contributed by atoms with Gasteiger partial charge in [-0.1, -0.05) is 4.68 Å². The van der Waals surface area contributed by atoms with Crippen LogP contribution in [0.1, 0.15) is 6.92 Å². The average Bonchev–Trinajstić information content (AvgIpc) is 2.34. The summed E-state index contributed by atoms with van der Waals surface area (Å²) in [6.07, 6.45) is 3.74. The lowest BCUT2D eigenvalue weighted by Crippen LogP contribution is -2.04. The van der Waals surface area contributed by atoms with E-state index < -0.39 is 5.03 Å². The van der Waals surface area contributed by atoms with Crippen LogP contribution in [0, 0.1) is 10.1 Å².